The average Bonchev–Trinajstić information content (AvgIpc) is 2.29. The van der Waals surface area contributed by atoms with Crippen LogP contribution in [0.5, 0.6) is 0 Å². The first-order valence-electron chi connectivity index (χ1n) is 4.61. The van der Waals surface area contributed by atoms with E-state index in [1.807, 2.05) is 0 Å². The molecular formula is C10H12BNO. The van der Waals surface area contributed by atoms with Crippen molar-refractivity contribution in [1.29, 1.82) is 0 Å². The maximum Gasteiger partial charge on any atom is 0.220 e. The van der Waals surface area contributed by atoms with Crippen LogP contribution in [0, 0.1) is 0 Å². The highest BCUT2D eigenvalue weighted by Gasteiger charge is 2.11. The first-order valence-corrected chi connectivity index (χ1v) is 4.61. The number of nitrogens with one attached hydrogen (secondary N) is 1. The van der Waals surface area contributed by atoms with Gasteiger partial charge in [0.15, 0.2) is 0 Å². The molecule has 0 saturated carbocycles. The highest BCUT2D eigenvalue weighted by atomic mass is 16.1. The molecule has 2 nitrogen and oxygen atoms in total. The number of aryl methyl sites for hydroxylation is 1. The van der Waals surface area contributed by atoms with Gasteiger partial charge in [0.25, 0.3) is 0 Å². The summed E-state index contributed by atoms with van der Waals surface area (Å²) < 4.78 is 0. The van der Waals surface area contributed by atoms with Crippen molar-refractivity contribution >= 4 is 19.2 Å². The van der Waals surface area contributed by atoms with Crippen molar-refractivity contribution in [3.05, 3.63) is 29.3 Å². The zero-order chi connectivity index (χ0) is 9.26. The summed E-state index contributed by atoms with van der Waals surface area (Å²) in [7, 11) is 2.08. The maximum absolute atomic E-state index is 11.1. The molecule has 1 heterocycles. The Morgan fingerprint density at radius 2 is 2.08 bits per heavy atom. The minimum atomic E-state index is 0.161. The predicted octanol–water partition coefficient (Wildman–Crippen LogP) is -0.493. The van der Waals surface area contributed by atoms with Crippen molar-refractivity contribution in [3.63, 3.8) is 0 Å². The molecule has 66 valence electrons. The van der Waals surface area contributed by atoms with Gasteiger partial charge in [-0.05, 0) is 17.5 Å². The van der Waals surface area contributed by atoms with Crippen LogP contribution < -0.4 is 10.8 Å². The number of amides is 1. The van der Waals surface area contributed by atoms with Gasteiger partial charge >= 0.3 is 0 Å². The summed E-state index contributed by atoms with van der Waals surface area (Å²) in [4.78, 5) is 11.1. The molecule has 1 amide bonds. The van der Waals surface area contributed by atoms with Crippen LogP contribution in [0.1, 0.15) is 17.5 Å². The molecule has 1 aromatic rings. The Hall–Kier alpha value is -1.25. The van der Waals surface area contributed by atoms with Crippen LogP contribution in [0.4, 0.5) is 0 Å². The molecule has 0 saturated heterocycles. The third-order valence-electron chi connectivity index (χ3n) is 2.46. The molecular weight excluding hydrogens is 161 g/mol. The zero-order valence-corrected chi connectivity index (χ0v) is 7.76. The van der Waals surface area contributed by atoms with E-state index in [0.717, 1.165) is 6.42 Å². The monoisotopic (exact) mass is 173 g/mol. The Labute approximate surface area is 78.7 Å². The summed E-state index contributed by atoms with van der Waals surface area (Å²) in [5, 5.41) is 2.88. The molecule has 0 spiro atoms. The number of hydrogen-bond acceptors (Lipinski definition) is 1. The van der Waals surface area contributed by atoms with Crippen LogP contribution >= 0.6 is 0 Å². The van der Waals surface area contributed by atoms with Crippen LogP contribution in [-0.4, -0.2) is 13.8 Å². The lowest BCUT2D eigenvalue weighted by molar-refractivity contribution is -0.121. The van der Waals surface area contributed by atoms with Gasteiger partial charge in [-0.2, -0.15) is 0 Å². The summed E-state index contributed by atoms with van der Waals surface area (Å²) in [5.74, 6) is 0.161. The summed E-state index contributed by atoms with van der Waals surface area (Å²) in [5.41, 5.74) is 3.85. The Morgan fingerprint density at radius 1 is 1.23 bits per heavy atom. The molecule has 13 heavy (non-hydrogen) atoms. The quantitative estimate of drug-likeness (QED) is 0.527. The second kappa shape index (κ2) is 3.25. The van der Waals surface area contributed by atoms with Gasteiger partial charge in [0, 0.05) is 13.0 Å². The van der Waals surface area contributed by atoms with Crippen LogP contribution in [0.2, 0.25) is 0 Å². The molecule has 1 aliphatic heterocycles. The molecule has 0 atom stereocenters. The number of benzene rings is 1. The minimum Gasteiger partial charge on any atom is -0.352 e. The average molecular weight is 173 g/mol. The fourth-order valence-corrected chi connectivity index (χ4v) is 1.69. The van der Waals surface area contributed by atoms with E-state index in [-0.39, 0.29) is 5.91 Å². The van der Waals surface area contributed by atoms with Gasteiger partial charge < -0.3 is 5.32 Å². The van der Waals surface area contributed by atoms with Crippen molar-refractivity contribution in [1.82, 2.24) is 5.32 Å². The van der Waals surface area contributed by atoms with Crippen molar-refractivity contribution < 1.29 is 4.79 Å². The molecule has 0 unspecified atom stereocenters. The summed E-state index contributed by atoms with van der Waals surface area (Å²) in [6, 6.07) is 6.38. The lowest BCUT2D eigenvalue weighted by atomic mass is 9.91. The Morgan fingerprint density at radius 3 is 2.92 bits per heavy atom. The topological polar surface area (TPSA) is 29.1 Å². The molecule has 1 aliphatic rings. The fraction of sp³-hybridized carbons (Fsp3) is 0.300. The molecule has 0 fully saturated rings. The van der Waals surface area contributed by atoms with E-state index in [2.05, 4.69) is 31.4 Å². The molecule has 1 aromatic carbocycles. The second-order valence-corrected chi connectivity index (χ2v) is 3.55. The number of carbonyl (C=O) groups excluding carboxylic acids is 1. The van der Waals surface area contributed by atoms with Crippen molar-refractivity contribution in [2.45, 2.75) is 19.4 Å². The minimum absolute atomic E-state index is 0.161. The molecule has 0 aromatic heterocycles. The van der Waals surface area contributed by atoms with Gasteiger partial charge in [-0.15, -0.1) is 0 Å². The Bertz CT molecular complexity index is 349. The van der Waals surface area contributed by atoms with E-state index in [4.69, 9.17) is 0 Å². The molecule has 0 aliphatic carbocycles. The van der Waals surface area contributed by atoms with E-state index < -0.39 is 0 Å². The van der Waals surface area contributed by atoms with Crippen LogP contribution in [-0.2, 0) is 17.8 Å². The van der Waals surface area contributed by atoms with E-state index in [1.54, 1.807) is 0 Å². The molecule has 0 bridgehead atoms. The zero-order valence-electron chi connectivity index (χ0n) is 7.76. The third kappa shape index (κ3) is 1.74. The molecule has 0 radical (unpaired) electrons. The number of fused-ring (bicyclic) bond motifs is 1. The van der Waals surface area contributed by atoms with E-state index in [1.165, 1.54) is 16.6 Å². The highest BCUT2D eigenvalue weighted by Crippen LogP contribution is 2.12. The predicted molar refractivity (Wildman–Crippen MR) is 54.8 cm³/mol. The van der Waals surface area contributed by atoms with Gasteiger partial charge in [-0.3, -0.25) is 4.79 Å². The summed E-state index contributed by atoms with van der Waals surface area (Å²) >= 11 is 0. The van der Waals surface area contributed by atoms with Crippen LogP contribution in [0.3, 0.4) is 0 Å². The van der Waals surface area contributed by atoms with Gasteiger partial charge in [-0.25, -0.2) is 0 Å². The van der Waals surface area contributed by atoms with E-state index in [0.29, 0.717) is 13.0 Å². The normalized spacial score (nSPS) is 15.8. The van der Waals surface area contributed by atoms with Gasteiger partial charge in [0.1, 0.15) is 7.85 Å². The van der Waals surface area contributed by atoms with Crippen LogP contribution in [0.25, 0.3) is 0 Å². The smallest absolute Gasteiger partial charge is 0.220 e. The van der Waals surface area contributed by atoms with Gasteiger partial charge in [0.05, 0.1) is 0 Å². The van der Waals surface area contributed by atoms with Crippen molar-refractivity contribution in [2.75, 3.05) is 0 Å². The summed E-state index contributed by atoms with van der Waals surface area (Å²) in [6.45, 7) is 0.689. The van der Waals surface area contributed by atoms with E-state index in [9.17, 15) is 4.79 Å². The Balaban J connectivity index is 2.35. The number of rotatable bonds is 0. The highest BCUT2D eigenvalue weighted by molar-refractivity contribution is 6.32. The van der Waals surface area contributed by atoms with Crippen LogP contribution in [0.15, 0.2) is 18.2 Å². The maximum atomic E-state index is 11.1. The van der Waals surface area contributed by atoms with E-state index >= 15 is 0 Å². The third-order valence-corrected chi connectivity index (χ3v) is 2.46. The second-order valence-electron chi connectivity index (χ2n) is 3.55. The fourth-order valence-electron chi connectivity index (χ4n) is 1.69. The lowest BCUT2D eigenvalue weighted by Gasteiger charge is -2.05. The molecule has 2 rings (SSSR count). The van der Waals surface area contributed by atoms with Gasteiger partial charge in [-0.1, -0.05) is 23.7 Å². The number of carbonyl (C=O) groups is 1. The largest absolute Gasteiger partial charge is 0.352 e. The SMILES string of the molecule is Bc1ccc2c(c1)CCC(=O)NC2. The summed E-state index contributed by atoms with van der Waals surface area (Å²) in [6.07, 6.45) is 1.50. The first kappa shape index (κ1) is 8.36. The van der Waals surface area contributed by atoms with Gasteiger partial charge in [0.2, 0.25) is 5.91 Å². The number of hydrogen-bond donors (Lipinski definition) is 1. The van der Waals surface area contributed by atoms with Crippen molar-refractivity contribution in [3.8, 4) is 0 Å². The van der Waals surface area contributed by atoms with Crippen molar-refractivity contribution in [2.24, 2.45) is 0 Å². The Kier molecular flexibility index (Phi) is 2.09. The standard InChI is InChI=1S/C10H12BNO/c11-9-3-1-8-6-12-10(13)4-2-7(8)5-9/h1,3,5H,2,4,6,11H2,(H,12,13). The molecule has 1 N–H and O–H groups in total. The first-order chi connectivity index (χ1) is 6.25. The molecule has 3 heteroatoms. The lowest BCUT2D eigenvalue weighted by Crippen LogP contribution is -2.20.